The minimum atomic E-state index is -0.215. The lowest BCUT2D eigenvalue weighted by Gasteiger charge is -2.22. The van der Waals surface area contributed by atoms with Gasteiger partial charge >= 0.3 is 0 Å². The maximum atomic E-state index is 9.29. The molecule has 108 valence electrons. The zero-order chi connectivity index (χ0) is 14.3. The summed E-state index contributed by atoms with van der Waals surface area (Å²) >= 11 is 3.51. The van der Waals surface area contributed by atoms with E-state index in [4.69, 9.17) is 0 Å². The van der Waals surface area contributed by atoms with Gasteiger partial charge in [0.15, 0.2) is 0 Å². The van der Waals surface area contributed by atoms with Crippen LogP contribution in [0.5, 0.6) is 0 Å². The first-order valence-corrected chi connectivity index (χ1v) is 7.61. The van der Waals surface area contributed by atoms with E-state index in [-0.39, 0.29) is 6.10 Å². The molecule has 0 aliphatic heterocycles. The van der Waals surface area contributed by atoms with Gasteiger partial charge in [0.2, 0.25) is 0 Å². The monoisotopic (exact) mass is 328 g/mol. The summed E-state index contributed by atoms with van der Waals surface area (Å²) in [5.74, 6) is 0. The summed E-state index contributed by atoms with van der Waals surface area (Å²) in [6, 6.07) is 8.80. The zero-order valence-corrected chi connectivity index (χ0v) is 13.7. The first-order valence-electron chi connectivity index (χ1n) is 6.82. The molecule has 3 nitrogen and oxygen atoms in total. The summed E-state index contributed by atoms with van der Waals surface area (Å²) in [6.07, 6.45) is 1.67. The average Bonchev–Trinajstić information content (AvgIpc) is 2.37. The van der Waals surface area contributed by atoms with Crippen LogP contribution in [0.25, 0.3) is 0 Å². The van der Waals surface area contributed by atoms with Crippen LogP contribution in [-0.2, 0) is 0 Å². The molecule has 0 amide bonds. The van der Waals surface area contributed by atoms with E-state index in [2.05, 4.69) is 51.4 Å². The second kappa shape index (κ2) is 8.69. The van der Waals surface area contributed by atoms with Gasteiger partial charge in [0.25, 0.3) is 0 Å². The number of hydrogen-bond acceptors (Lipinski definition) is 3. The molecular formula is C15H25BrN2O. The van der Waals surface area contributed by atoms with Crippen molar-refractivity contribution in [1.82, 2.24) is 10.2 Å². The maximum Gasteiger partial charge on any atom is 0.0524 e. The molecule has 0 fully saturated rings. The molecule has 0 heterocycles. The van der Waals surface area contributed by atoms with Crippen LogP contribution in [0.15, 0.2) is 28.7 Å². The van der Waals surface area contributed by atoms with Crippen LogP contribution in [0.3, 0.4) is 0 Å². The van der Waals surface area contributed by atoms with E-state index >= 15 is 0 Å². The van der Waals surface area contributed by atoms with Crippen molar-refractivity contribution in [2.45, 2.75) is 31.9 Å². The summed E-state index contributed by atoms with van der Waals surface area (Å²) in [5.41, 5.74) is 1.31. The van der Waals surface area contributed by atoms with Crippen LogP contribution in [0.1, 0.15) is 31.4 Å². The second-order valence-electron chi connectivity index (χ2n) is 5.13. The molecule has 0 bridgehead atoms. The average molecular weight is 329 g/mol. The quantitative estimate of drug-likeness (QED) is 0.770. The Bertz CT molecular complexity index is 371. The summed E-state index contributed by atoms with van der Waals surface area (Å²) in [6.45, 7) is 3.79. The van der Waals surface area contributed by atoms with Gasteiger partial charge in [-0.1, -0.05) is 28.1 Å². The second-order valence-corrected chi connectivity index (χ2v) is 6.04. The number of rotatable bonds is 8. The van der Waals surface area contributed by atoms with Crippen molar-refractivity contribution in [2.75, 3.05) is 27.2 Å². The highest BCUT2D eigenvalue weighted by molar-refractivity contribution is 9.10. The highest BCUT2D eigenvalue weighted by Gasteiger charge is 2.11. The van der Waals surface area contributed by atoms with Crippen LogP contribution in [0.2, 0.25) is 0 Å². The van der Waals surface area contributed by atoms with E-state index in [1.54, 1.807) is 0 Å². The van der Waals surface area contributed by atoms with Crippen LogP contribution in [0, 0.1) is 0 Å². The molecule has 2 N–H and O–H groups in total. The Kier molecular flexibility index (Phi) is 7.61. The van der Waals surface area contributed by atoms with Gasteiger partial charge in [0.05, 0.1) is 6.10 Å². The topological polar surface area (TPSA) is 35.5 Å². The lowest BCUT2D eigenvalue weighted by Crippen LogP contribution is -2.27. The van der Waals surface area contributed by atoms with Gasteiger partial charge < -0.3 is 15.3 Å². The molecule has 0 saturated heterocycles. The number of hydrogen-bond donors (Lipinski definition) is 2. The molecule has 0 saturated carbocycles. The van der Waals surface area contributed by atoms with Crippen LogP contribution in [0.4, 0.5) is 0 Å². The summed E-state index contributed by atoms with van der Waals surface area (Å²) in [7, 11) is 4.11. The molecular weight excluding hydrogens is 304 g/mol. The van der Waals surface area contributed by atoms with E-state index in [0.717, 1.165) is 30.4 Å². The van der Waals surface area contributed by atoms with E-state index < -0.39 is 0 Å². The van der Waals surface area contributed by atoms with Gasteiger partial charge in [-0.2, -0.15) is 0 Å². The Labute approximate surface area is 125 Å². The minimum absolute atomic E-state index is 0.215. The van der Waals surface area contributed by atoms with Gasteiger partial charge in [0, 0.05) is 17.1 Å². The molecule has 0 aliphatic rings. The molecule has 2 unspecified atom stereocenters. The van der Waals surface area contributed by atoms with Crippen molar-refractivity contribution in [3.8, 4) is 0 Å². The fraction of sp³-hybridized carbons (Fsp3) is 0.600. The van der Waals surface area contributed by atoms with Crippen LogP contribution in [-0.4, -0.2) is 43.3 Å². The standard InChI is InChI=1S/C15H25BrN2O/c1-12(19)7-9-18(3)10-8-15(17-2)13-5-4-6-14(16)11-13/h4-6,11-12,15,17,19H,7-10H2,1-3H3. The SMILES string of the molecule is CNC(CCN(C)CCC(C)O)c1cccc(Br)c1. The molecule has 19 heavy (non-hydrogen) atoms. The molecule has 4 heteroatoms. The molecule has 2 atom stereocenters. The zero-order valence-electron chi connectivity index (χ0n) is 12.1. The number of nitrogens with one attached hydrogen (secondary N) is 1. The molecule has 0 radical (unpaired) electrons. The molecule has 1 rings (SSSR count). The summed E-state index contributed by atoms with van der Waals surface area (Å²) < 4.78 is 1.12. The van der Waals surface area contributed by atoms with Crippen LogP contribution < -0.4 is 5.32 Å². The normalized spacial score (nSPS) is 14.6. The van der Waals surface area contributed by atoms with Gasteiger partial charge in [-0.15, -0.1) is 0 Å². The summed E-state index contributed by atoms with van der Waals surface area (Å²) in [5, 5.41) is 12.7. The fourth-order valence-electron chi connectivity index (χ4n) is 2.07. The molecule has 0 spiro atoms. The Morgan fingerprint density at radius 2 is 2.00 bits per heavy atom. The number of benzene rings is 1. The van der Waals surface area contributed by atoms with Gasteiger partial charge in [-0.3, -0.25) is 0 Å². The van der Waals surface area contributed by atoms with Crippen molar-refractivity contribution in [3.63, 3.8) is 0 Å². The van der Waals surface area contributed by atoms with E-state index in [1.807, 2.05) is 20.0 Å². The van der Waals surface area contributed by atoms with Crippen molar-refractivity contribution in [3.05, 3.63) is 34.3 Å². The largest absolute Gasteiger partial charge is 0.393 e. The lowest BCUT2D eigenvalue weighted by molar-refractivity contribution is 0.163. The summed E-state index contributed by atoms with van der Waals surface area (Å²) in [4.78, 5) is 2.27. The Morgan fingerprint density at radius 3 is 2.58 bits per heavy atom. The van der Waals surface area contributed by atoms with Gasteiger partial charge in [-0.05, 0) is 58.1 Å². The van der Waals surface area contributed by atoms with Gasteiger partial charge in [0.1, 0.15) is 0 Å². The molecule has 1 aromatic rings. The van der Waals surface area contributed by atoms with Crippen molar-refractivity contribution in [2.24, 2.45) is 0 Å². The molecule has 0 aromatic heterocycles. The molecule has 1 aromatic carbocycles. The Morgan fingerprint density at radius 1 is 1.32 bits per heavy atom. The number of aliphatic hydroxyl groups excluding tert-OH is 1. The lowest BCUT2D eigenvalue weighted by atomic mass is 10.0. The highest BCUT2D eigenvalue weighted by atomic mass is 79.9. The number of aliphatic hydroxyl groups is 1. The molecule has 0 aliphatic carbocycles. The Hall–Kier alpha value is -0.420. The number of nitrogens with zero attached hydrogens (tertiary/aromatic N) is 1. The minimum Gasteiger partial charge on any atom is -0.393 e. The third-order valence-corrected chi connectivity index (χ3v) is 3.82. The Balaban J connectivity index is 2.44. The third-order valence-electron chi connectivity index (χ3n) is 3.33. The van der Waals surface area contributed by atoms with E-state index in [1.165, 1.54) is 5.56 Å². The predicted octanol–water partition coefficient (Wildman–Crippen LogP) is 2.80. The predicted molar refractivity (Wildman–Crippen MR) is 84.4 cm³/mol. The third kappa shape index (κ3) is 6.52. The highest BCUT2D eigenvalue weighted by Crippen LogP contribution is 2.20. The number of halogens is 1. The first-order chi connectivity index (χ1) is 9.02. The smallest absolute Gasteiger partial charge is 0.0524 e. The van der Waals surface area contributed by atoms with Gasteiger partial charge in [-0.25, -0.2) is 0 Å². The van der Waals surface area contributed by atoms with E-state index in [9.17, 15) is 5.11 Å². The van der Waals surface area contributed by atoms with Crippen molar-refractivity contribution >= 4 is 15.9 Å². The van der Waals surface area contributed by atoms with Crippen LogP contribution >= 0.6 is 15.9 Å². The fourth-order valence-corrected chi connectivity index (χ4v) is 2.49. The van der Waals surface area contributed by atoms with E-state index in [0.29, 0.717) is 6.04 Å². The first kappa shape index (κ1) is 16.6. The van der Waals surface area contributed by atoms with Crippen molar-refractivity contribution < 1.29 is 5.11 Å². The maximum absolute atomic E-state index is 9.29. The van der Waals surface area contributed by atoms with Crippen molar-refractivity contribution in [1.29, 1.82) is 0 Å².